The topological polar surface area (TPSA) is 83.8 Å². The van der Waals surface area contributed by atoms with E-state index in [1.54, 1.807) is 6.20 Å². The third-order valence-electron chi connectivity index (χ3n) is 4.02. The number of hydrogen-bond donors (Lipinski definition) is 3. The number of nitrogens with one attached hydrogen (secondary N) is 2. The number of carbonyl (C=O) groups is 1. The molecule has 21 heavy (non-hydrogen) atoms. The molecule has 0 aliphatic heterocycles. The number of halogens is 1. The van der Waals surface area contributed by atoms with Crippen molar-refractivity contribution in [3.63, 3.8) is 0 Å². The molecule has 2 aromatic rings. The zero-order valence-electron chi connectivity index (χ0n) is 11.8. The van der Waals surface area contributed by atoms with E-state index >= 15 is 0 Å². The summed E-state index contributed by atoms with van der Waals surface area (Å²) < 4.78 is 0. The second kappa shape index (κ2) is 6.91. The minimum absolute atomic E-state index is 0. The summed E-state index contributed by atoms with van der Waals surface area (Å²) in [5.41, 5.74) is 7.71. The summed E-state index contributed by atoms with van der Waals surface area (Å²) in [6, 6.07) is 4.47. The van der Waals surface area contributed by atoms with Crippen molar-refractivity contribution in [2.45, 2.75) is 44.2 Å². The molecule has 0 bridgehead atoms. The van der Waals surface area contributed by atoms with Crippen LogP contribution in [-0.2, 0) is 11.2 Å². The summed E-state index contributed by atoms with van der Waals surface area (Å²) >= 11 is 0. The molecular weight excluding hydrogens is 288 g/mol. The van der Waals surface area contributed by atoms with Crippen LogP contribution in [0.15, 0.2) is 24.5 Å². The van der Waals surface area contributed by atoms with Gasteiger partial charge in [0, 0.05) is 29.9 Å². The molecule has 3 rings (SSSR count). The smallest absolute Gasteiger partial charge is 0.224 e. The molecule has 0 unspecified atom stereocenters. The van der Waals surface area contributed by atoms with Gasteiger partial charge < -0.3 is 16.0 Å². The molecule has 1 amide bonds. The molecule has 2 heterocycles. The Kier molecular flexibility index (Phi) is 5.20. The zero-order chi connectivity index (χ0) is 13.9. The van der Waals surface area contributed by atoms with E-state index in [0.29, 0.717) is 12.5 Å². The van der Waals surface area contributed by atoms with E-state index in [2.05, 4.69) is 15.3 Å². The van der Waals surface area contributed by atoms with Crippen molar-refractivity contribution >= 4 is 29.3 Å². The fourth-order valence-electron chi connectivity index (χ4n) is 2.87. The normalized spacial score (nSPS) is 21.8. The SMILES string of the molecule is Cl.NC1CCC(NC(=O)Cc2c[nH]c3ncccc23)CC1. The third kappa shape index (κ3) is 3.74. The molecule has 6 heteroatoms. The van der Waals surface area contributed by atoms with Gasteiger partial charge in [-0.05, 0) is 43.4 Å². The fraction of sp³-hybridized carbons (Fsp3) is 0.467. The van der Waals surface area contributed by atoms with Crippen LogP contribution in [0, 0.1) is 0 Å². The van der Waals surface area contributed by atoms with Crippen LogP contribution < -0.4 is 11.1 Å². The highest BCUT2D eigenvalue weighted by molar-refractivity contribution is 5.87. The van der Waals surface area contributed by atoms with Crippen LogP contribution in [0.2, 0.25) is 0 Å². The molecule has 2 aromatic heterocycles. The number of hydrogen-bond acceptors (Lipinski definition) is 3. The van der Waals surface area contributed by atoms with Gasteiger partial charge in [0.05, 0.1) is 6.42 Å². The van der Waals surface area contributed by atoms with Crippen LogP contribution >= 0.6 is 12.4 Å². The summed E-state index contributed by atoms with van der Waals surface area (Å²) in [6.45, 7) is 0. The Labute approximate surface area is 130 Å². The Bertz CT molecular complexity index is 604. The molecule has 0 atom stereocenters. The van der Waals surface area contributed by atoms with Crippen LogP contribution in [0.3, 0.4) is 0 Å². The minimum Gasteiger partial charge on any atom is -0.353 e. The van der Waals surface area contributed by atoms with Gasteiger partial charge >= 0.3 is 0 Å². The summed E-state index contributed by atoms with van der Waals surface area (Å²) in [5, 5.41) is 4.14. The van der Waals surface area contributed by atoms with E-state index < -0.39 is 0 Å². The number of H-pyrrole nitrogens is 1. The number of rotatable bonds is 3. The maximum absolute atomic E-state index is 12.1. The first kappa shape index (κ1) is 15.8. The second-order valence-corrected chi connectivity index (χ2v) is 5.57. The first-order chi connectivity index (χ1) is 9.72. The van der Waals surface area contributed by atoms with Gasteiger partial charge in [-0.3, -0.25) is 4.79 Å². The number of fused-ring (bicyclic) bond motifs is 1. The summed E-state index contributed by atoms with van der Waals surface area (Å²) in [4.78, 5) is 19.5. The van der Waals surface area contributed by atoms with Crippen molar-refractivity contribution in [1.29, 1.82) is 0 Å². The number of pyridine rings is 1. The van der Waals surface area contributed by atoms with Gasteiger partial charge in [0.1, 0.15) is 5.65 Å². The maximum Gasteiger partial charge on any atom is 0.224 e. The maximum atomic E-state index is 12.1. The number of nitrogens with zero attached hydrogens (tertiary/aromatic N) is 1. The van der Waals surface area contributed by atoms with Crippen LogP contribution in [0.1, 0.15) is 31.2 Å². The minimum atomic E-state index is 0. The largest absolute Gasteiger partial charge is 0.353 e. The second-order valence-electron chi connectivity index (χ2n) is 5.57. The molecule has 0 spiro atoms. The molecule has 4 N–H and O–H groups in total. The highest BCUT2D eigenvalue weighted by atomic mass is 35.5. The third-order valence-corrected chi connectivity index (χ3v) is 4.02. The Balaban J connectivity index is 0.00000161. The van der Waals surface area contributed by atoms with E-state index in [4.69, 9.17) is 5.73 Å². The van der Waals surface area contributed by atoms with E-state index in [0.717, 1.165) is 42.3 Å². The van der Waals surface area contributed by atoms with E-state index in [1.807, 2.05) is 18.3 Å². The van der Waals surface area contributed by atoms with Crippen molar-refractivity contribution in [1.82, 2.24) is 15.3 Å². The number of aromatic nitrogens is 2. The Hall–Kier alpha value is -1.59. The molecule has 1 fully saturated rings. The lowest BCUT2D eigenvalue weighted by atomic mass is 9.91. The number of carbonyl (C=O) groups excluding carboxylic acids is 1. The van der Waals surface area contributed by atoms with Crippen molar-refractivity contribution < 1.29 is 4.79 Å². The summed E-state index contributed by atoms with van der Waals surface area (Å²) in [7, 11) is 0. The lowest BCUT2D eigenvalue weighted by Crippen LogP contribution is -2.41. The molecule has 0 aromatic carbocycles. The molecule has 114 valence electrons. The molecule has 1 aliphatic carbocycles. The van der Waals surface area contributed by atoms with Gasteiger partial charge in [0.15, 0.2) is 0 Å². The van der Waals surface area contributed by atoms with E-state index in [-0.39, 0.29) is 24.4 Å². The first-order valence-electron chi connectivity index (χ1n) is 7.18. The van der Waals surface area contributed by atoms with Gasteiger partial charge in [-0.1, -0.05) is 0 Å². The van der Waals surface area contributed by atoms with Crippen molar-refractivity contribution in [2.24, 2.45) is 5.73 Å². The van der Waals surface area contributed by atoms with Crippen LogP contribution in [0.5, 0.6) is 0 Å². The Morgan fingerprint density at radius 2 is 2.14 bits per heavy atom. The highest BCUT2D eigenvalue weighted by Gasteiger charge is 2.20. The average Bonchev–Trinajstić information content (AvgIpc) is 2.85. The van der Waals surface area contributed by atoms with Crippen LogP contribution in [0.25, 0.3) is 11.0 Å². The molecule has 1 aliphatic rings. The van der Waals surface area contributed by atoms with Crippen molar-refractivity contribution in [3.8, 4) is 0 Å². The number of nitrogens with two attached hydrogens (primary N) is 1. The summed E-state index contributed by atoms with van der Waals surface area (Å²) in [6.07, 6.45) is 7.99. The standard InChI is InChI=1S/C15H20N4O.ClH/c16-11-3-5-12(6-4-11)19-14(20)8-10-9-18-15-13(10)2-1-7-17-15;/h1-2,7,9,11-12H,3-6,8,16H2,(H,17,18)(H,19,20);1H. The molecule has 5 nitrogen and oxygen atoms in total. The predicted octanol–water partition coefficient (Wildman–Crippen LogP) is 1.91. The highest BCUT2D eigenvalue weighted by Crippen LogP contribution is 2.18. The molecule has 0 radical (unpaired) electrons. The molecule has 1 saturated carbocycles. The van der Waals surface area contributed by atoms with Gasteiger partial charge in [-0.15, -0.1) is 12.4 Å². The monoisotopic (exact) mass is 308 g/mol. The van der Waals surface area contributed by atoms with E-state index in [9.17, 15) is 4.79 Å². The van der Waals surface area contributed by atoms with E-state index in [1.165, 1.54) is 0 Å². The van der Waals surface area contributed by atoms with Gasteiger partial charge in [-0.2, -0.15) is 0 Å². The first-order valence-corrected chi connectivity index (χ1v) is 7.18. The van der Waals surface area contributed by atoms with Crippen LogP contribution in [-0.4, -0.2) is 28.0 Å². The number of amides is 1. The molecular formula is C15H21ClN4O. The molecule has 0 saturated heterocycles. The lowest BCUT2D eigenvalue weighted by Gasteiger charge is -2.26. The lowest BCUT2D eigenvalue weighted by molar-refractivity contribution is -0.121. The van der Waals surface area contributed by atoms with Gasteiger partial charge in [0.2, 0.25) is 5.91 Å². The Morgan fingerprint density at radius 3 is 2.90 bits per heavy atom. The average molecular weight is 309 g/mol. The summed E-state index contributed by atoms with van der Waals surface area (Å²) in [5.74, 6) is 0.0789. The van der Waals surface area contributed by atoms with Crippen molar-refractivity contribution in [3.05, 3.63) is 30.1 Å². The van der Waals surface area contributed by atoms with Gasteiger partial charge in [0.25, 0.3) is 0 Å². The zero-order valence-corrected chi connectivity index (χ0v) is 12.7. The van der Waals surface area contributed by atoms with Crippen molar-refractivity contribution in [2.75, 3.05) is 0 Å². The number of aromatic amines is 1. The van der Waals surface area contributed by atoms with Crippen LogP contribution in [0.4, 0.5) is 0 Å². The fourth-order valence-corrected chi connectivity index (χ4v) is 2.87. The quantitative estimate of drug-likeness (QED) is 0.810. The Morgan fingerprint density at radius 1 is 1.38 bits per heavy atom. The van der Waals surface area contributed by atoms with Gasteiger partial charge in [-0.25, -0.2) is 4.98 Å². The predicted molar refractivity (Wildman–Crippen MR) is 85.4 cm³/mol.